The molecule has 0 spiro atoms. The molecular weight excluding hydrogens is 512 g/mol. The van der Waals surface area contributed by atoms with Gasteiger partial charge in [-0.3, -0.25) is 9.59 Å². The minimum Gasteiger partial charge on any atom is -0.481 e. The van der Waals surface area contributed by atoms with Crippen molar-refractivity contribution in [3.05, 3.63) is 87.9 Å². The second kappa shape index (κ2) is 10.7. The van der Waals surface area contributed by atoms with E-state index < -0.39 is 24.0 Å². The Labute approximate surface area is 211 Å². The van der Waals surface area contributed by atoms with Gasteiger partial charge >= 0.3 is 12.1 Å². The summed E-state index contributed by atoms with van der Waals surface area (Å²) >= 11 is 3.39. The van der Waals surface area contributed by atoms with Gasteiger partial charge in [-0.25, -0.2) is 4.79 Å². The second-order valence-electron chi connectivity index (χ2n) is 8.43. The number of ether oxygens (including phenoxy) is 1. The Hall–Kier alpha value is -3.65. The molecule has 0 heterocycles. The van der Waals surface area contributed by atoms with E-state index in [4.69, 9.17) is 9.84 Å². The average Bonchev–Trinajstić information content (AvgIpc) is 3.16. The van der Waals surface area contributed by atoms with Crippen LogP contribution in [0.1, 0.15) is 35.4 Å². The molecule has 0 radical (unpaired) electrons. The van der Waals surface area contributed by atoms with Crippen LogP contribution in [0.3, 0.4) is 0 Å². The number of alkyl carbamates (subject to hydrolysis) is 1. The predicted molar refractivity (Wildman–Crippen MR) is 136 cm³/mol. The molecule has 1 atom stereocenters. The van der Waals surface area contributed by atoms with Crippen LogP contribution in [0.15, 0.2) is 71.2 Å². The maximum absolute atomic E-state index is 12.9. The number of carboxylic acid groups (broad SMARTS) is 1. The van der Waals surface area contributed by atoms with Gasteiger partial charge < -0.3 is 20.5 Å². The van der Waals surface area contributed by atoms with Crippen molar-refractivity contribution < 1.29 is 24.2 Å². The van der Waals surface area contributed by atoms with Gasteiger partial charge in [-0.2, -0.15) is 0 Å². The third-order valence-electron chi connectivity index (χ3n) is 5.98. The monoisotopic (exact) mass is 536 g/mol. The third kappa shape index (κ3) is 5.71. The van der Waals surface area contributed by atoms with Crippen molar-refractivity contribution >= 4 is 39.6 Å². The maximum Gasteiger partial charge on any atom is 0.407 e. The molecule has 4 rings (SSSR count). The zero-order chi connectivity index (χ0) is 24.9. The molecule has 0 aromatic heterocycles. The lowest BCUT2D eigenvalue weighted by Gasteiger charge is -2.20. The molecule has 2 amide bonds. The number of benzene rings is 3. The van der Waals surface area contributed by atoms with Gasteiger partial charge in [0.25, 0.3) is 0 Å². The molecule has 0 saturated heterocycles. The smallest absolute Gasteiger partial charge is 0.407 e. The normalized spacial score (nSPS) is 12.9. The number of hydrogen-bond acceptors (Lipinski definition) is 4. The highest BCUT2D eigenvalue weighted by atomic mass is 79.9. The maximum atomic E-state index is 12.9. The summed E-state index contributed by atoms with van der Waals surface area (Å²) in [5, 5.41) is 14.4. The number of hydrogen-bond donors (Lipinski definition) is 3. The van der Waals surface area contributed by atoms with Gasteiger partial charge in [0.2, 0.25) is 5.91 Å². The van der Waals surface area contributed by atoms with Crippen molar-refractivity contribution in [3.63, 3.8) is 0 Å². The summed E-state index contributed by atoms with van der Waals surface area (Å²) in [5.74, 6) is -1.71. The third-order valence-corrected chi connectivity index (χ3v) is 6.67. The average molecular weight is 537 g/mol. The van der Waals surface area contributed by atoms with E-state index in [1.807, 2.05) is 61.5 Å². The van der Waals surface area contributed by atoms with Crippen LogP contribution in [0.25, 0.3) is 11.1 Å². The number of rotatable bonds is 8. The fourth-order valence-corrected chi connectivity index (χ4v) is 4.62. The number of halogens is 1. The van der Waals surface area contributed by atoms with E-state index in [1.165, 1.54) is 0 Å². The minimum absolute atomic E-state index is 0.0746. The molecule has 3 aromatic carbocycles. The topological polar surface area (TPSA) is 105 Å². The summed E-state index contributed by atoms with van der Waals surface area (Å²) in [7, 11) is 0. The first-order valence-electron chi connectivity index (χ1n) is 11.2. The number of fused-ring (bicyclic) bond motifs is 3. The van der Waals surface area contributed by atoms with E-state index in [-0.39, 0.29) is 25.4 Å². The van der Waals surface area contributed by atoms with Crippen LogP contribution in [-0.2, 0) is 14.3 Å². The van der Waals surface area contributed by atoms with Crippen LogP contribution in [0.2, 0.25) is 0 Å². The molecule has 0 fully saturated rings. The Balaban J connectivity index is 1.44. The number of amides is 2. The number of aliphatic carboxylic acids is 1. The van der Waals surface area contributed by atoms with Crippen LogP contribution in [0.4, 0.5) is 10.5 Å². The SMILES string of the molecule is Cc1ccc(Br)c(NC(=O)C(CCC(=O)O)NC(=O)OCC2c3ccccc3-c3ccccc32)c1. The van der Waals surface area contributed by atoms with Gasteiger partial charge in [-0.1, -0.05) is 54.6 Å². The zero-order valence-electron chi connectivity index (χ0n) is 19.1. The number of carboxylic acids is 1. The lowest BCUT2D eigenvalue weighted by atomic mass is 9.98. The molecule has 1 aliphatic rings. The van der Waals surface area contributed by atoms with Crippen molar-refractivity contribution in [3.8, 4) is 11.1 Å². The van der Waals surface area contributed by atoms with Gasteiger partial charge in [0.05, 0.1) is 5.69 Å². The van der Waals surface area contributed by atoms with Crippen LogP contribution < -0.4 is 10.6 Å². The Bertz CT molecular complexity index is 1230. The van der Waals surface area contributed by atoms with E-state index in [0.29, 0.717) is 10.2 Å². The summed E-state index contributed by atoms with van der Waals surface area (Å²) in [6.45, 7) is 1.98. The van der Waals surface area contributed by atoms with Crippen molar-refractivity contribution in [2.75, 3.05) is 11.9 Å². The lowest BCUT2D eigenvalue weighted by molar-refractivity contribution is -0.137. The number of nitrogens with one attached hydrogen (secondary N) is 2. The van der Waals surface area contributed by atoms with Crippen molar-refractivity contribution in [2.45, 2.75) is 31.7 Å². The van der Waals surface area contributed by atoms with Crippen molar-refractivity contribution in [1.82, 2.24) is 5.32 Å². The second-order valence-corrected chi connectivity index (χ2v) is 9.28. The van der Waals surface area contributed by atoms with E-state index in [2.05, 4.69) is 26.6 Å². The Morgan fingerprint density at radius 3 is 2.26 bits per heavy atom. The van der Waals surface area contributed by atoms with Crippen LogP contribution in [0.5, 0.6) is 0 Å². The highest BCUT2D eigenvalue weighted by Gasteiger charge is 2.30. The molecule has 35 heavy (non-hydrogen) atoms. The predicted octanol–water partition coefficient (Wildman–Crippen LogP) is 5.47. The van der Waals surface area contributed by atoms with E-state index in [0.717, 1.165) is 27.8 Å². The molecule has 0 aliphatic heterocycles. The van der Waals surface area contributed by atoms with Crippen LogP contribution in [-0.4, -0.2) is 35.7 Å². The molecule has 180 valence electrons. The Kier molecular flexibility index (Phi) is 7.51. The summed E-state index contributed by atoms with van der Waals surface area (Å²) in [6.07, 6.45) is -1.13. The summed E-state index contributed by atoms with van der Waals surface area (Å²) < 4.78 is 6.21. The highest BCUT2D eigenvalue weighted by molar-refractivity contribution is 9.10. The number of carbonyl (C=O) groups is 3. The van der Waals surface area contributed by atoms with Gasteiger partial charge in [0.15, 0.2) is 0 Å². The fourth-order valence-electron chi connectivity index (χ4n) is 4.27. The molecule has 1 unspecified atom stereocenters. The Morgan fingerprint density at radius 2 is 1.63 bits per heavy atom. The number of carbonyl (C=O) groups excluding carboxylic acids is 2. The number of aryl methyl sites for hydroxylation is 1. The minimum atomic E-state index is -1.07. The molecule has 8 heteroatoms. The van der Waals surface area contributed by atoms with Gasteiger partial charge in [0, 0.05) is 16.8 Å². The lowest BCUT2D eigenvalue weighted by Crippen LogP contribution is -2.44. The first kappa shape index (κ1) is 24.5. The molecule has 7 nitrogen and oxygen atoms in total. The molecule has 1 aliphatic carbocycles. The molecule has 3 aromatic rings. The Morgan fingerprint density at radius 1 is 1.00 bits per heavy atom. The van der Waals surface area contributed by atoms with Crippen molar-refractivity contribution in [2.24, 2.45) is 0 Å². The standard InChI is InChI=1S/C27H25BrN2O5/c1-16-10-11-22(28)24(14-16)29-26(33)23(12-13-25(31)32)30-27(34)35-15-21-19-8-4-2-6-17(19)18-7-3-5-9-20(18)21/h2-11,14,21,23H,12-13,15H2,1H3,(H,29,33)(H,30,34)(H,31,32). The molecular formula is C27H25BrN2O5. The van der Waals surface area contributed by atoms with E-state index in [9.17, 15) is 14.4 Å². The first-order valence-corrected chi connectivity index (χ1v) is 12.0. The van der Waals surface area contributed by atoms with Crippen LogP contribution in [0, 0.1) is 6.92 Å². The van der Waals surface area contributed by atoms with Gasteiger partial charge in [-0.15, -0.1) is 0 Å². The highest BCUT2D eigenvalue weighted by Crippen LogP contribution is 2.44. The van der Waals surface area contributed by atoms with Crippen LogP contribution >= 0.6 is 15.9 Å². The molecule has 0 saturated carbocycles. The summed E-state index contributed by atoms with van der Waals surface area (Å²) in [4.78, 5) is 36.7. The van der Waals surface area contributed by atoms with Gasteiger partial charge in [-0.05, 0) is 69.2 Å². The summed E-state index contributed by atoms with van der Waals surface area (Å²) in [5.41, 5.74) is 5.84. The van der Waals surface area contributed by atoms with E-state index >= 15 is 0 Å². The van der Waals surface area contributed by atoms with Gasteiger partial charge in [0.1, 0.15) is 12.6 Å². The first-order chi connectivity index (χ1) is 16.8. The number of anilines is 1. The van der Waals surface area contributed by atoms with Crippen molar-refractivity contribution in [1.29, 1.82) is 0 Å². The zero-order valence-corrected chi connectivity index (χ0v) is 20.7. The fraction of sp³-hybridized carbons (Fsp3) is 0.222. The largest absolute Gasteiger partial charge is 0.481 e. The molecule has 0 bridgehead atoms. The summed E-state index contributed by atoms with van der Waals surface area (Å²) in [6, 6.07) is 20.4. The molecule has 3 N–H and O–H groups in total. The van der Waals surface area contributed by atoms with E-state index in [1.54, 1.807) is 12.1 Å². The quantitative estimate of drug-likeness (QED) is 0.354.